The zero-order valence-corrected chi connectivity index (χ0v) is 11.0. The molecule has 0 saturated heterocycles. The van der Waals surface area contributed by atoms with E-state index in [0.29, 0.717) is 24.9 Å². The number of aliphatic hydroxyl groups is 1. The van der Waals surface area contributed by atoms with Gasteiger partial charge in [0.15, 0.2) is 11.9 Å². The summed E-state index contributed by atoms with van der Waals surface area (Å²) in [6, 6.07) is 0. The van der Waals surface area contributed by atoms with E-state index < -0.39 is 11.0 Å². The second-order valence-electron chi connectivity index (χ2n) is 5.88. The van der Waals surface area contributed by atoms with Crippen LogP contribution < -0.4 is 0 Å². The molecule has 0 bridgehead atoms. The standard InChI is InChI=1S/C15H20O3/c1-10-6-7-14(3)13(11(10)2)5-4-12(8-16)15(14,18)9-17/h4,8-10,13,18H,2,5-7H2,1,3H3/t10-,13+,14-,15-/m0/s1. The van der Waals surface area contributed by atoms with E-state index in [9.17, 15) is 14.7 Å². The first kappa shape index (κ1) is 13.2. The molecule has 98 valence electrons. The fraction of sp³-hybridized carbons (Fsp3) is 0.600. The van der Waals surface area contributed by atoms with Gasteiger partial charge < -0.3 is 5.11 Å². The molecule has 3 nitrogen and oxygen atoms in total. The van der Waals surface area contributed by atoms with Gasteiger partial charge in [-0.1, -0.05) is 32.1 Å². The third kappa shape index (κ3) is 1.46. The Balaban J connectivity index is 2.55. The lowest BCUT2D eigenvalue weighted by Gasteiger charge is -2.54. The van der Waals surface area contributed by atoms with E-state index in [-0.39, 0.29) is 11.5 Å². The Labute approximate surface area is 108 Å². The Hall–Kier alpha value is -1.22. The highest BCUT2D eigenvalue weighted by molar-refractivity contribution is 5.88. The van der Waals surface area contributed by atoms with Gasteiger partial charge in [-0.2, -0.15) is 0 Å². The Kier molecular flexibility index (Phi) is 3.06. The van der Waals surface area contributed by atoms with Gasteiger partial charge >= 0.3 is 0 Å². The van der Waals surface area contributed by atoms with Crippen molar-refractivity contribution in [1.82, 2.24) is 0 Å². The number of rotatable bonds is 2. The van der Waals surface area contributed by atoms with E-state index in [4.69, 9.17) is 0 Å². The molecule has 0 aromatic heterocycles. The number of carbonyl (C=O) groups is 2. The molecule has 2 aliphatic rings. The van der Waals surface area contributed by atoms with Gasteiger partial charge in [-0.05, 0) is 31.1 Å². The van der Waals surface area contributed by atoms with Crippen molar-refractivity contribution in [2.75, 3.05) is 0 Å². The van der Waals surface area contributed by atoms with Crippen molar-refractivity contribution in [3.05, 3.63) is 23.8 Å². The Morgan fingerprint density at radius 2 is 2.17 bits per heavy atom. The summed E-state index contributed by atoms with van der Waals surface area (Å²) in [4.78, 5) is 22.5. The largest absolute Gasteiger partial charge is 0.377 e. The molecule has 0 spiro atoms. The average molecular weight is 248 g/mol. The first-order valence-corrected chi connectivity index (χ1v) is 6.44. The molecule has 0 aromatic carbocycles. The van der Waals surface area contributed by atoms with Gasteiger partial charge in [0.25, 0.3) is 0 Å². The van der Waals surface area contributed by atoms with Crippen LogP contribution in [0.5, 0.6) is 0 Å². The second-order valence-corrected chi connectivity index (χ2v) is 5.88. The van der Waals surface area contributed by atoms with E-state index >= 15 is 0 Å². The summed E-state index contributed by atoms with van der Waals surface area (Å²) < 4.78 is 0. The van der Waals surface area contributed by atoms with E-state index in [0.717, 1.165) is 18.4 Å². The Morgan fingerprint density at radius 1 is 1.50 bits per heavy atom. The van der Waals surface area contributed by atoms with Crippen LogP contribution in [0.3, 0.4) is 0 Å². The van der Waals surface area contributed by atoms with Crippen molar-refractivity contribution < 1.29 is 14.7 Å². The minimum absolute atomic E-state index is 0.0696. The molecule has 0 aliphatic heterocycles. The quantitative estimate of drug-likeness (QED) is 0.601. The molecule has 4 atom stereocenters. The SMILES string of the molecule is C=C1[C@H]2CC=C(C=O)[C@@](O)(C=O)[C@@]2(C)CC[C@@H]1C. The number of carbonyl (C=O) groups excluding carboxylic acids is 2. The summed E-state index contributed by atoms with van der Waals surface area (Å²) in [7, 11) is 0. The van der Waals surface area contributed by atoms with Gasteiger partial charge in [0, 0.05) is 11.0 Å². The molecular weight excluding hydrogens is 228 g/mol. The van der Waals surface area contributed by atoms with Crippen LogP contribution in [0.2, 0.25) is 0 Å². The molecule has 0 heterocycles. The summed E-state index contributed by atoms with van der Waals surface area (Å²) >= 11 is 0. The average Bonchev–Trinajstić information content (AvgIpc) is 2.37. The number of hydrogen-bond acceptors (Lipinski definition) is 3. The van der Waals surface area contributed by atoms with Gasteiger partial charge in [-0.25, -0.2) is 0 Å². The smallest absolute Gasteiger partial charge is 0.156 e. The van der Waals surface area contributed by atoms with Crippen molar-refractivity contribution in [2.24, 2.45) is 17.3 Å². The lowest BCUT2D eigenvalue weighted by molar-refractivity contribution is -0.144. The predicted octanol–water partition coefficient (Wildman–Crippen LogP) is 2.05. The van der Waals surface area contributed by atoms with Crippen LogP contribution in [0.4, 0.5) is 0 Å². The zero-order chi connectivity index (χ0) is 13.6. The summed E-state index contributed by atoms with van der Waals surface area (Å²) in [5.74, 6) is 0.477. The van der Waals surface area contributed by atoms with E-state index in [1.165, 1.54) is 0 Å². The maximum Gasteiger partial charge on any atom is 0.156 e. The topological polar surface area (TPSA) is 54.4 Å². The summed E-state index contributed by atoms with van der Waals surface area (Å²) in [5.41, 5.74) is -0.979. The highest BCUT2D eigenvalue weighted by Gasteiger charge is 2.58. The summed E-state index contributed by atoms with van der Waals surface area (Å²) in [5, 5.41) is 10.7. The fourth-order valence-electron chi connectivity index (χ4n) is 3.57. The van der Waals surface area contributed by atoms with Crippen LogP contribution >= 0.6 is 0 Å². The van der Waals surface area contributed by atoms with Crippen LogP contribution in [0.1, 0.15) is 33.1 Å². The first-order valence-electron chi connectivity index (χ1n) is 6.44. The van der Waals surface area contributed by atoms with Crippen LogP contribution in [-0.4, -0.2) is 23.3 Å². The van der Waals surface area contributed by atoms with Crippen LogP contribution in [0.15, 0.2) is 23.8 Å². The van der Waals surface area contributed by atoms with Crippen LogP contribution in [-0.2, 0) is 9.59 Å². The molecule has 2 rings (SSSR count). The molecule has 1 saturated carbocycles. The molecule has 0 aromatic rings. The van der Waals surface area contributed by atoms with Crippen molar-refractivity contribution in [2.45, 2.75) is 38.7 Å². The maximum absolute atomic E-state index is 11.4. The highest BCUT2D eigenvalue weighted by atomic mass is 16.3. The molecule has 1 fully saturated rings. The molecule has 2 aliphatic carbocycles. The Morgan fingerprint density at radius 3 is 2.72 bits per heavy atom. The van der Waals surface area contributed by atoms with Crippen molar-refractivity contribution in [3.63, 3.8) is 0 Å². The zero-order valence-electron chi connectivity index (χ0n) is 11.0. The normalized spacial score (nSPS) is 43.9. The summed E-state index contributed by atoms with van der Waals surface area (Å²) in [6.45, 7) is 8.16. The number of allylic oxidation sites excluding steroid dienone is 2. The van der Waals surface area contributed by atoms with E-state index in [1.54, 1.807) is 6.08 Å². The minimum Gasteiger partial charge on any atom is -0.377 e. The lowest BCUT2D eigenvalue weighted by Crippen LogP contribution is -2.58. The van der Waals surface area contributed by atoms with Gasteiger partial charge in [-0.15, -0.1) is 0 Å². The molecular formula is C15H20O3. The van der Waals surface area contributed by atoms with Crippen molar-refractivity contribution >= 4 is 12.6 Å². The molecule has 18 heavy (non-hydrogen) atoms. The van der Waals surface area contributed by atoms with Crippen molar-refractivity contribution in [3.8, 4) is 0 Å². The molecule has 3 heteroatoms. The second kappa shape index (κ2) is 4.16. The third-order valence-electron chi connectivity index (χ3n) is 5.13. The van der Waals surface area contributed by atoms with E-state index in [2.05, 4.69) is 13.5 Å². The maximum atomic E-state index is 11.4. The highest BCUT2D eigenvalue weighted by Crippen LogP contribution is 2.56. The lowest BCUT2D eigenvalue weighted by atomic mass is 9.51. The minimum atomic E-state index is -1.67. The molecule has 0 radical (unpaired) electrons. The molecule has 0 unspecified atom stereocenters. The van der Waals surface area contributed by atoms with E-state index in [1.807, 2.05) is 6.92 Å². The predicted molar refractivity (Wildman–Crippen MR) is 68.9 cm³/mol. The molecule has 1 N–H and O–H groups in total. The fourth-order valence-corrected chi connectivity index (χ4v) is 3.57. The third-order valence-corrected chi connectivity index (χ3v) is 5.13. The Bertz CT molecular complexity index is 437. The van der Waals surface area contributed by atoms with Crippen molar-refractivity contribution in [1.29, 1.82) is 0 Å². The van der Waals surface area contributed by atoms with Crippen LogP contribution in [0.25, 0.3) is 0 Å². The van der Waals surface area contributed by atoms with Gasteiger partial charge in [-0.3, -0.25) is 9.59 Å². The van der Waals surface area contributed by atoms with Gasteiger partial charge in [0.2, 0.25) is 0 Å². The van der Waals surface area contributed by atoms with Gasteiger partial charge in [0.05, 0.1) is 0 Å². The monoisotopic (exact) mass is 248 g/mol. The number of aldehydes is 2. The first-order chi connectivity index (χ1) is 8.40. The van der Waals surface area contributed by atoms with Gasteiger partial charge in [0.1, 0.15) is 6.29 Å². The number of fused-ring (bicyclic) bond motifs is 1. The molecule has 0 amide bonds. The van der Waals surface area contributed by atoms with Crippen LogP contribution in [0, 0.1) is 17.3 Å². The number of hydrogen-bond donors (Lipinski definition) is 1. The summed E-state index contributed by atoms with van der Waals surface area (Å²) in [6.07, 6.45) is 5.15.